The Bertz CT molecular complexity index is 395. The molecule has 0 unspecified atom stereocenters. The van der Waals surface area contributed by atoms with Crippen molar-refractivity contribution in [2.75, 3.05) is 7.11 Å². The standard InChI is InChI=1S/C15H21IO2/c1-4-6-11(7-5-2)15(17)13-10-12(16)8-9-14(13)18-3/h8-11H,4-7H2,1-3H3. The number of hydrogen-bond donors (Lipinski definition) is 0. The van der Waals surface area contributed by atoms with Gasteiger partial charge in [-0.25, -0.2) is 0 Å². The third-order valence-electron chi connectivity index (χ3n) is 3.07. The molecule has 100 valence electrons. The van der Waals surface area contributed by atoms with Crippen molar-refractivity contribution in [3.63, 3.8) is 0 Å². The number of rotatable bonds is 7. The molecule has 0 N–H and O–H groups in total. The maximum Gasteiger partial charge on any atom is 0.169 e. The second-order valence-corrected chi connectivity index (χ2v) is 5.73. The van der Waals surface area contributed by atoms with Crippen LogP contribution in [-0.2, 0) is 0 Å². The minimum absolute atomic E-state index is 0.132. The molecule has 18 heavy (non-hydrogen) atoms. The van der Waals surface area contributed by atoms with Gasteiger partial charge in [0, 0.05) is 9.49 Å². The Morgan fingerprint density at radius 3 is 2.39 bits per heavy atom. The molecule has 0 amide bonds. The third-order valence-corrected chi connectivity index (χ3v) is 3.74. The summed E-state index contributed by atoms with van der Waals surface area (Å²) in [5.41, 5.74) is 0.733. The summed E-state index contributed by atoms with van der Waals surface area (Å²) in [7, 11) is 1.62. The number of methoxy groups -OCH3 is 1. The van der Waals surface area contributed by atoms with E-state index >= 15 is 0 Å². The first-order valence-corrected chi connectivity index (χ1v) is 7.59. The van der Waals surface area contributed by atoms with Crippen LogP contribution in [0.5, 0.6) is 5.75 Å². The molecule has 0 saturated carbocycles. The Labute approximate surface area is 123 Å². The predicted molar refractivity (Wildman–Crippen MR) is 83.3 cm³/mol. The highest BCUT2D eigenvalue weighted by atomic mass is 127. The zero-order valence-corrected chi connectivity index (χ0v) is 13.5. The van der Waals surface area contributed by atoms with Gasteiger partial charge in [-0.2, -0.15) is 0 Å². The van der Waals surface area contributed by atoms with Crippen LogP contribution >= 0.6 is 22.6 Å². The quantitative estimate of drug-likeness (QED) is 0.521. The molecule has 0 saturated heterocycles. The molecule has 3 heteroatoms. The van der Waals surface area contributed by atoms with E-state index in [4.69, 9.17) is 4.74 Å². The summed E-state index contributed by atoms with van der Waals surface area (Å²) in [6.07, 6.45) is 4.01. The monoisotopic (exact) mass is 360 g/mol. The molecule has 0 bridgehead atoms. The van der Waals surface area contributed by atoms with Crippen molar-refractivity contribution in [1.29, 1.82) is 0 Å². The minimum atomic E-state index is 0.132. The SMILES string of the molecule is CCCC(CCC)C(=O)c1cc(I)ccc1OC. The Balaban J connectivity index is 3.02. The maximum absolute atomic E-state index is 12.6. The highest BCUT2D eigenvalue weighted by molar-refractivity contribution is 14.1. The van der Waals surface area contributed by atoms with Gasteiger partial charge in [0.1, 0.15) is 5.75 Å². The molecule has 0 aromatic heterocycles. The number of hydrogen-bond acceptors (Lipinski definition) is 2. The van der Waals surface area contributed by atoms with Crippen molar-refractivity contribution in [1.82, 2.24) is 0 Å². The van der Waals surface area contributed by atoms with Crippen LogP contribution in [0.2, 0.25) is 0 Å². The number of Topliss-reactive ketones (excluding diaryl/α,β-unsaturated/α-hetero) is 1. The summed E-state index contributed by atoms with van der Waals surface area (Å²) in [5, 5.41) is 0. The van der Waals surface area contributed by atoms with E-state index in [-0.39, 0.29) is 11.7 Å². The van der Waals surface area contributed by atoms with Crippen molar-refractivity contribution in [3.8, 4) is 5.75 Å². The topological polar surface area (TPSA) is 26.3 Å². The molecule has 0 aliphatic carbocycles. The van der Waals surface area contributed by atoms with Crippen LogP contribution in [0.4, 0.5) is 0 Å². The van der Waals surface area contributed by atoms with Gasteiger partial charge < -0.3 is 4.74 Å². The van der Waals surface area contributed by atoms with Gasteiger partial charge in [0.2, 0.25) is 0 Å². The van der Waals surface area contributed by atoms with Crippen molar-refractivity contribution in [3.05, 3.63) is 27.3 Å². The lowest BCUT2D eigenvalue weighted by atomic mass is 9.89. The lowest BCUT2D eigenvalue weighted by Crippen LogP contribution is -2.15. The maximum atomic E-state index is 12.6. The van der Waals surface area contributed by atoms with E-state index in [0.29, 0.717) is 5.75 Å². The van der Waals surface area contributed by atoms with Gasteiger partial charge in [0.05, 0.1) is 12.7 Å². The molecular weight excluding hydrogens is 339 g/mol. The van der Waals surface area contributed by atoms with Crippen molar-refractivity contribution < 1.29 is 9.53 Å². The van der Waals surface area contributed by atoms with Gasteiger partial charge in [-0.3, -0.25) is 4.79 Å². The summed E-state index contributed by atoms with van der Waals surface area (Å²) in [6, 6.07) is 5.77. The molecule has 0 atom stereocenters. The molecule has 0 aliphatic rings. The second kappa shape index (κ2) is 7.77. The highest BCUT2D eigenvalue weighted by Crippen LogP contribution is 2.27. The molecule has 2 nitrogen and oxygen atoms in total. The zero-order valence-electron chi connectivity index (χ0n) is 11.3. The van der Waals surface area contributed by atoms with Gasteiger partial charge in [-0.05, 0) is 53.6 Å². The first-order valence-electron chi connectivity index (χ1n) is 6.51. The lowest BCUT2D eigenvalue weighted by Gasteiger charge is -2.16. The van der Waals surface area contributed by atoms with E-state index in [1.165, 1.54) is 0 Å². The minimum Gasteiger partial charge on any atom is -0.496 e. The molecule has 0 spiro atoms. The van der Waals surface area contributed by atoms with Crippen LogP contribution in [0.25, 0.3) is 0 Å². The Morgan fingerprint density at radius 2 is 1.89 bits per heavy atom. The number of carbonyl (C=O) groups is 1. The molecule has 0 radical (unpaired) electrons. The molecule has 0 fully saturated rings. The Kier molecular flexibility index (Phi) is 6.68. The molecule has 1 aromatic carbocycles. The van der Waals surface area contributed by atoms with Crippen LogP contribution < -0.4 is 4.74 Å². The number of ether oxygens (including phenoxy) is 1. The molecule has 0 aliphatic heterocycles. The van der Waals surface area contributed by atoms with E-state index in [1.54, 1.807) is 7.11 Å². The predicted octanol–water partition coefficient (Wildman–Crippen LogP) is 4.70. The molecular formula is C15H21IO2. The van der Waals surface area contributed by atoms with Gasteiger partial charge in [-0.1, -0.05) is 26.7 Å². The largest absolute Gasteiger partial charge is 0.496 e. The van der Waals surface area contributed by atoms with E-state index in [1.807, 2.05) is 18.2 Å². The Morgan fingerprint density at radius 1 is 1.28 bits per heavy atom. The van der Waals surface area contributed by atoms with Crippen LogP contribution in [0.3, 0.4) is 0 Å². The number of carbonyl (C=O) groups excluding carboxylic acids is 1. The summed E-state index contributed by atoms with van der Waals surface area (Å²) >= 11 is 2.23. The van der Waals surface area contributed by atoms with E-state index < -0.39 is 0 Å². The van der Waals surface area contributed by atoms with Crippen LogP contribution in [-0.4, -0.2) is 12.9 Å². The molecule has 0 heterocycles. The summed E-state index contributed by atoms with van der Waals surface area (Å²) in [4.78, 5) is 12.6. The molecule has 1 aromatic rings. The fourth-order valence-electron chi connectivity index (χ4n) is 2.20. The second-order valence-electron chi connectivity index (χ2n) is 4.48. The van der Waals surface area contributed by atoms with Gasteiger partial charge in [0.25, 0.3) is 0 Å². The average molecular weight is 360 g/mol. The summed E-state index contributed by atoms with van der Waals surface area (Å²) < 4.78 is 6.38. The van der Waals surface area contributed by atoms with Crippen LogP contribution in [0.15, 0.2) is 18.2 Å². The van der Waals surface area contributed by atoms with Crippen LogP contribution in [0.1, 0.15) is 49.9 Å². The summed E-state index contributed by atoms with van der Waals surface area (Å²) in [6.45, 7) is 4.25. The van der Waals surface area contributed by atoms with E-state index in [0.717, 1.165) is 34.8 Å². The fraction of sp³-hybridized carbons (Fsp3) is 0.533. The first kappa shape index (κ1) is 15.5. The van der Waals surface area contributed by atoms with E-state index in [2.05, 4.69) is 36.4 Å². The summed E-state index contributed by atoms with van der Waals surface area (Å²) in [5.74, 6) is 1.05. The first-order chi connectivity index (χ1) is 8.63. The third kappa shape index (κ3) is 3.97. The number of ketones is 1. The van der Waals surface area contributed by atoms with Gasteiger partial charge in [-0.15, -0.1) is 0 Å². The fourth-order valence-corrected chi connectivity index (χ4v) is 2.69. The van der Waals surface area contributed by atoms with Crippen molar-refractivity contribution >= 4 is 28.4 Å². The number of halogens is 1. The van der Waals surface area contributed by atoms with Gasteiger partial charge in [0.15, 0.2) is 5.78 Å². The smallest absolute Gasteiger partial charge is 0.169 e. The normalized spacial score (nSPS) is 10.7. The van der Waals surface area contributed by atoms with Crippen LogP contribution in [0, 0.1) is 9.49 Å². The van der Waals surface area contributed by atoms with E-state index in [9.17, 15) is 4.79 Å². The van der Waals surface area contributed by atoms with Gasteiger partial charge >= 0.3 is 0 Å². The Hall–Kier alpha value is -0.580. The van der Waals surface area contributed by atoms with Crippen molar-refractivity contribution in [2.45, 2.75) is 39.5 Å². The average Bonchev–Trinajstić information content (AvgIpc) is 2.37. The highest BCUT2D eigenvalue weighted by Gasteiger charge is 2.21. The molecule has 1 rings (SSSR count). The lowest BCUT2D eigenvalue weighted by molar-refractivity contribution is 0.0901. The van der Waals surface area contributed by atoms with Crippen molar-refractivity contribution in [2.24, 2.45) is 5.92 Å². The zero-order chi connectivity index (χ0) is 13.5. The number of benzene rings is 1.